The summed E-state index contributed by atoms with van der Waals surface area (Å²) < 4.78 is 0. The van der Waals surface area contributed by atoms with Crippen molar-refractivity contribution >= 4 is 32.3 Å². The van der Waals surface area contributed by atoms with Crippen LogP contribution in [0.3, 0.4) is 0 Å². The van der Waals surface area contributed by atoms with E-state index in [-0.39, 0.29) is 0 Å². The minimum Gasteiger partial charge on any atom is -0.253 e. The molecule has 0 spiro atoms. The SMILES string of the molecule is c1ccc(-c2cccc(-c3nc(-c4ccc5c6ccccc6c6ccccc6c5c4)nc(-c4nccc5c4Cc4ccccc4-5)n3)c2)cc1. The van der Waals surface area contributed by atoms with Gasteiger partial charge >= 0.3 is 0 Å². The van der Waals surface area contributed by atoms with Crippen LogP contribution in [0.4, 0.5) is 0 Å². The fraction of sp³-hybridized carbons (Fsp3) is 0.0222. The van der Waals surface area contributed by atoms with Crippen LogP contribution in [-0.2, 0) is 6.42 Å². The van der Waals surface area contributed by atoms with E-state index in [1.54, 1.807) is 0 Å². The van der Waals surface area contributed by atoms with Crippen molar-refractivity contribution < 1.29 is 0 Å². The number of hydrogen-bond donors (Lipinski definition) is 0. The van der Waals surface area contributed by atoms with Gasteiger partial charge in [-0.05, 0) is 83.9 Å². The number of aromatic nitrogens is 4. The predicted molar refractivity (Wildman–Crippen MR) is 200 cm³/mol. The fourth-order valence-electron chi connectivity index (χ4n) is 7.50. The van der Waals surface area contributed by atoms with E-state index in [0.29, 0.717) is 17.5 Å². The first-order chi connectivity index (χ1) is 24.3. The first-order valence-electron chi connectivity index (χ1n) is 16.6. The van der Waals surface area contributed by atoms with Gasteiger partial charge < -0.3 is 0 Å². The van der Waals surface area contributed by atoms with Gasteiger partial charge in [0.1, 0.15) is 5.69 Å². The summed E-state index contributed by atoms with van der Waals surface area (Å²) in [6.45, 7) is 0. The average Bonchev–Trinajstić information content (AvgIpc) is 3.57. The lowest BCUT2D eigenvalue weighted by Crippen LogP contribution is -2.03. The van der Waals surface area contributed by atoms with E-state index in [1.165, 1.54) is 49.0 Å². The largest absolute Gasteiger partial charge is 0.253 e. The molecule has 7 aromatic carbocycles. The Morgan fingerprint density at radius 2 is 0.939 bits per heavy atom. The van der Waals surface area contributed by atoms with Crippen LogP contribution in [0.25, 0.3) is 88.9 Å². The molecule has 10 rings (SSSR count). The summed E-state index contributed by atoms with van der Waals surface area (Å²) in [7, 11) is 0. The van der Waals surface area contributed by atoms with E-state index >= 15 is 0 Å². The van der Waals surface area contributed by atoms with Crippen molar-refractivity contribution in [2.24, 2.45) is 0 Å². The second-order valence-corrected chi connectivity index (χ2v) is 12.6. The first-order valence-corrected chi connectivity index (χ1v) is 16.6. The molecule has 0 amide bonds. The molecule has 0 bridgehead atoms. The highest BCUT2D eigenvalue weighted by molar-refractivity contribution is 6.25. The normalized spacial score (nSPS) is 12.0. The summed E-state index contributed by atoms with van der Waals surface area (Å²) in [5, 5.41) is 7.33. The molecule has 1 aliphatic carbocycles. The molecule has 0 saturated carbocycles. The molecule has 0 unspecified atom stereocenters. The Hall–Kier alpha value is -6.52. The molecule has 0 fully saturated rings. The van der Waals surface area contributed by atoms with E-state index in [9.17, 15) is 0 Å². The average molecular weight is 625 g/mol. The summed E-state index contributed by atoms with van der Waals surface area (Å²) in [6.07, 6.45) is 2.67. The molecular weight excluding hydrogens is 597 g/mol. The Morgan fingerprint density at radius 1 is 0.367 bits per heavy atom. The minimum absolute atomic E-state index is 0.582. The van der Waals surface area contributed by atoms with E-state index in [4.69, 9.17) is 19.9 Å². The number of fused-ring (bicyclic) bond motifs is 9. The summed E-state index contributed by atoms with van der Waals surface area (Å²) in [5.74, 6) is 1.83. The second-order valence-electron chi connectivity index (χ2n) is 12.6. The molecule has 2 aromatic heterocycles. The smallest absolute Gasteiger partial charge is 0.182 e. The third-order valence-corrected chi connectivity index (χ3v) is 9.81. The summed E-state index contributed by atoms with van der Waals surface area (Å²) >= 11 is 0. The molecule has 0 aliphatic heterocycles. The van der Waals surface area contributed by atoms with Crippen LogP contribution in [0.1, 0.15) is 11.1 Å². The lowest BCUT2D eigenvalue weighted by Gasteiger charge is -2.13. The highest BCUT2D eigenvalue weighted by Crippen LogP contribution is 2.41. The van der Waals surface area contributed by atoms with Gasteiger partial charge in [0.2, 0.25) is 0 Å². The minimum atomic E-state index is 0.582. The van der Waals surface area contributed by atoms with E-state index in [2.05, 4.69) is 146 Å². The highest BCUT2D eigenvalue weighted by Gasteiger charge is 2.25. The molecule has 4 heteroatoms. The monoisotopic (exact) mass is 624 g/mol. The number of hydrogen-bond acceptors (Lipinski definition) is 4. The Bertz CT molecular complexity index is 2720. The van der Waals surface area contributed by atoms with Gasteiger partial charge in [-0.25, -0.2) is 15.0 Å². The molecule has 228 valence electrons. The third-order valence-electron chi connectivity index (χ3n) is 9.81. The molecular formula is C45H28N4. The van der Waals surface area contributed by atoms with Gasteiger partial charge in [0.15, 0.2) is 17.5 Å². The maximum absolute atomic E-state index is 5.18. The third kappa shape index (κ3) is 4.53. The zero-order valence-corrected chi connectivity index (χ0v) is 26.5. The summed E-state index contributed by atoms with van der Waals surface area (Å²) in [4.78, 5) is 20.4. The summed E-state index contributed by atoms with van der Waals surface area (Å²) in [6, 6.07) is 53.4. The lowest BCUT2D eigenvalue weighted by atomic mass is 9.93. The first kappa shape index (κ1) is 27.6. The zero-order chi connectivity index (χ0) is 32.3. The Kier molecular flexibility index (Phi) is 6.21. The quantitative estimate of drug-likeness (QED) is 0.183. The van der Waals surface area contributed by atoms with Crippen LogP contribution in [0.15, 0.2) is 158 Å². The molecule has 0 saturated heterocycles. The molecule has 2 heterocycles. The standard InChI is InChI=1S/C45H28N4/c1-2-11-28(12-3-1)29-14-10-15-31(25-29)43-47-44(49-45(48-43)42-41-26-30-13-4-5-16-33(30)39(41)23-24-46-42)32-21-22-38-36-19-7-6-17-34(36)35-18-8-9-20-37(35)40(38)27-32/h1-25,27H,26H2. The Morgan fingerprint density at radius 3 is 1.69 bits per heavy atom. The maximum Gasteiger partial charge on any atom is 0.182 e. The molecule has 1 aliphatic rings. The van der Waals surface area contributed by atoms with Crippen molar-refractivity contribution in [1.29, 1.82) is 0 Å². The second kappa shape index (κ2) is 11.0. The number of benzene rings is 7. The zero-order valence-electron chi connectivity index (χ0n) is 26.5. The molecule has 0 radical (unpaired) electrons. The van der Waals surface area contributed by atoms with Crippen molar-refractivity contribution in [2.45, 2.75) is 6.42 Å². The van der Waals surface area contributed by atoms with Gasteiger partial charge in [0, 0.05) is 23.7 Å². The van der Waals surface area contributed by atoms with Gasteiger partial charge in [-0.15, -0.1) is 0 Å². The van der Waals surface area contributed by atoms with Gasteiger partial charge in [-0.1, -0.05) is 133 Å². The van der Waals surface area contributed by atoms with Crippen molar-refractivity contribution in [3.8, 4) is 56.5 Å². The van der Waals surface area contributed by atoms with Crippen molar-refractivity contribution in [3.05, 3.63) is 169 Å². The van der Waals surface area contributed by atoms with Crippen LogP contribution in [0, 0.1) is 0 Å². The molecule has 0 atom stereocenters. The van der Waals surface area contributed by atoms with Crippen molar-refractivity contribution in [2.75, 3.05) is 0 Å². The Balaban J connectivity index is 1.21. The van der Waals surface area contributed by atoms with Crippen LogP contribution >= 0.6 is 0 Å². The fourth-order valence-corrected chi connectivity index (χ4v) is 7.50. The van der Waals surface area contributed by atoms with Crippen molar-refractivity contribution in [1.82, 2.24) is 19.9 Å². The molecule has 0 N–H and O–H groups in total. The van der Waals surface area contributed by atoms with Crippen LogP contribution in [0.2, 0.25) is 0 Å². The predicted octanol–water partition coefficient (Wildman–Crippen LogP) is 11.0. The van der Waals surface area contributed by atoms with Gasteiger partial charge in [-0.2, -0.15) is 0 Å². The van der Waals surface area contributed by atoms with Crippen molar-refractivity contribution in [3.63, 3.8) is 0 Å². The number of nitrogens with zero attached hydrogens (tertiary/aromatic N) is 4. The molecule has 9 aromatic rings. The summed E-state index contributed by atoms with van der Waals surface area (Å²) in [5.41, 5.74) is 9.82. The topological polar surface area (TPSA) is 51.6 Å². The Labute approximate surface area is 283 Å². The molecule has 4 nitrogen and oxygen atoms in total. The number of pyridine rings is 1. The number of rotatable bonds is 4. The lowest BCUT2D eigenvalue weighted by molar-refractivity contribution is 1.05. The van der Waals surface area contributed by atoms with E-state index in [0.717, 1.165) is 39.9 Å². The van der Waals surface area contributed by atoms with Crippen LogP contribution in [-0.4, -0.2) is 19.9 Å². The van der Waals surface area contributed by atoms with Gasteiger partial charge in [0.05, 0.1) is 0 Å². The highest BCUT2D eigenvalue weighted by atomic mass is 15.0. The van der Waals surface area contributed by atoms with Crippen LogP contribution in [0.5, 0.6) is 0 Å². The van der Waals surface area contributed by atoms with Gasteiger partial charge in [-0.3, -0.25) is 4.98 Å². The van der Waals surface area contributed by atoms with E-state index < -0.39 is 0 Å². The van der Waals surface area contributed by atoms with Gasteiger partial charge in [0.25, 0.3) is 0 Å². The molecule has 49 heavy (non-hydrogen) atoms. The maximum atomic E-state index is 5.18. The van der Waals surface area contributed by atoms with E-state index in [1.807, 2.05) is 12.3 Å². The van der Waals surface area contributed by atoms with Crippen LogP contribution < -0.4 is 0 Å².